The van der Waals surface area contributed by atoms with Crippen LogP contribution in [0, 0.1) is 5.82 Å². The van der Waals surface area contributed by atoms with E-state index >= 15 is 0 Å². The van der Waals surface area contributed by atoms with Crippen molar-refractivity contribution in [1.29, 1.82) is 0 Å². The molecule has 2 aromatic heterocycles. The number of anilines is 2. The van der Waals surface area contributed by atoms with E-state index in [1.807, 2.05) is 0 Å². The molecule has 0 aliphatic rings. The van der Waals surface area contributed by atoms with Gasteiger partial charge in [0.25, 0.3) is 0 Å². The van der Waals surface area contributed by atoms with Crippen LogP contribution in [0.5, 0.6) is 0 Å². The second-order valence-electron chi connectivity index (χ2n) is 7.42. The van der Waals surface area contributed by atoms with Crippen molar-refractivity contribution in [3.8, 4) is 0 Å². The Balaban J connectivity index is 2.13. The third-order valence-corrected chi connectivity index (χ3v) is 4.25. The number of aromatic nitrogens is 2. The fourth-order valence-corrected chi connectivity index (χ4v) is 2.96. The van der Waals surface area contributed by atoms with Gasteiger partial charge < -0.3 is 14.8 Å². The maximum absolute atomic E-state index is 13.5. The summed E-state index contributed by atoms with van der Waals surface area (Å²) in [6.07, 6.45) is 0.723. The zero-order valence-electron chi connectivity index (χ0n) is 17.0. The summed E-state index contributed by atoms with van der Waals surface area (Å²) < 4.78 is 25.1. The Hall–Kier alpha value is -3.13. The number of ether oxygens (including phenoxy) is 2. The van der Waals surface area contributed by atoms with Crippen LogP contribution in [-0.4, -0.2) is 33.8 Å². The van der Waals surface area contributed by atoms with Crippen molar-refractivity contribution in [1.82, 2.24) is 9.55 Å². The van der Waals surface area contributed by atoms with Crippen molar-refractivity contribution in [2.24, 2.45) is 0 Å². The number of nitrogens with one attached hydrogen (secondary N) is 1. The molecule has 0 atom stereocenters. The molecule has 0 bridgehead atoms. The van der Waals surface area contributed by atoms with Crippen LogP contribution in [0.4, 0.5) is 20.6 Å². The second kappa shape index (κ2) is 8.31. The van der Waals surface area contributed by atoms with Crippen LogP contribution in [0.25, 0.3) is 11.0 Å². The lowest BCUT2D eigenvalue weighted by Gasteiger charge is -2.20. The average molecular weight is 434 g/mol. The third-order valence-electron chi connectivity index (χ3n) is 3.96. The van der Waals surface area contributed by atoms with Gasteiger partial charge in [-0.1, -0.05) is 11.6 Å². The van der Waals surface area contributed by atoms with Gasteiger partial charge in [-0.3, -0.25) is 0 Å². The Bertz CT molecular complexity index is 1120. The van der Waals surface area contributed by atoms with Crippen molar-refractivity contribution in [2.45, 2.75) is 33.3 Å². The Kier molecular flexibility index (Phi) is 5.98. The molecule has 0 saturated carbocycles. The predicted octanol–water partition coefficient (Wildman–Crippen LogP) is 5.53. The first-order chi connectivity index (χ1) is 14.1. The third kappa shape index (κ3) is 4.54. The molecule has 1 N–H and O–H groups in total. The first-order valence-electron chi connectivity index (χ1n) is 9.23. The lowest BCUT2D eigenvalue weighted by molar-refractivity contribution is 0.0453. The number of hydrogen-bond acceptors (Lipinski definition) is 6. The van der Waals surface area contributed by atoms with Gasteiger partial charge >= 0.3 is 12.1 Å². The van der Waals surface area contributed by atoms with Gasteiger partial charge in [0.05, 0.1) is 17.3 Å². The fourth-order valence-electron chi connectivity index (χ4n) is 2.78. The monoisotopic (exact) mass is 433 g/mol. The molecule has 0 aliphatic heterocycles. The minimum absolute atomic E-state index is 0.0139. The quantitative estimate of drug-likeness (QED) is 0.544. The molecule has 0 unspecified atom stereocenters. The van der Waals surface area contributed by atoms with Gasteiger partial charge in [0.1, 0.15) is 17.1 Å². The summed E-state index contributed by atoms with van der Waals surface area (Å²) in [6, 6.07) is 7.34. The molecular formula is C21H21ClFN3O4. The molecule has 2 heterocycles. The Labute approximate surface area is 177 Å². The maximum atomic E-state index is 13.5. The van der Waals surface area contributed by atoms with Gasteiger partial charge in [0.2, 0.25) is 0 Å². The average Bonchev–Trinajstić information content (AvgIpc) is 3.04. The highest BCUT2D eigenvalue weighted by Crippen LogP contribution is 2.30. The van der Waals surface area contributed by atoms with Gasteiger partial charge in [-0.2, -0.15) is 0 Å². The van der Waals surface area contributed by atoms with Crippen LogP contribution in [0.3, 0.4) is 0 Å². The summed E-state index contributed by atoms with van der Waals surface area (Å²) in [5, 5.41) is 3.55. The number of fused-ring (bicyclic) bond motifs is 1. The van der Waals surface area contributed by atoms with Crippen molar-refractivity contribution in [3.05, 3.63) is 53.1 Å². The van der Waals surface area contributed by atoms with Gasteiger partial charge in [-0.25, -0.2) is 23.5 Å². The maximum Gasteiger partial charge on any atom is 0.420 e. The number of nitrogens with zero attached hydrogens (tertiary/aromatic N) is 2. The number of carbonyl (C=O) groups is 2. The highest BCUT2D eigenvalue weighted by atomic mass is 35.5. The molecule has 0 saturated heterocycles. The lowest BCUT2D eigenvalue weighted by atomic mass is 10.2. The first kappa shape index (κ1) is 21.6. The van der Waals surface area contributed by atoms with Gasteiger partial charge in [-0.15, -0.1) is 0 Å². The van der Waals surface area contributed by atoms with E-state index in [1.165, 1.54) is 30.5 Å². The molecule has 0 amide bonds. The molecule has 9 heteroatoms. The van der Waals surface area contributed by atoms with E-state index in [9.17, 15) is 14.0 Å². The largest absolute Gasteiger partial charge is 0.461 e. The molecule has 3 rings (SSSR count). The van der Waals surface area contributed by atoms with Crippen LogP contribution < -0.4 is 5.32 Å². The number of carbonyl (C=O) groups excluding carboxylic acids is 2. The molecular weight excluding hydrogens is 413 g/mol. The second-order valence-corrected chi connectivity index (χ2v) is 7.82. The molecule has 3 aromatic rings. The van der Waals surface area contributed by atoms with E-state index in [4.69, 9.17) is 21.1 Å². The highest BCUT2D eigenvalue weighted by Gasteiger charge is 2.27. The Morgan fingerprint density at radius 3 is 2.60 bits per heavy atom. The minimum Gasteiger partial charge on any atom is -0.461 e. The van der Waals surface area contributed by atoms with Gasteiger partial charge in [0.15, 0.2) is 5.65 Å². The Morgan fingerprint density at radius 1 is 1.23 bits per heavy atom. The number of esters is 1. The molecule has 158 valence electrons. The van der Waals surface area contributed by atoms with Crippen molar-refractivity contribution in [3.63, 3.8) is 0 Å². The zero-order valence-corrected chi connectivity index (χ0v) is 17.7. The van der Waals surface area contributed by atoms with E-state index < -0.39 is 23.5 Å². The lowest BCUT2D eigenvalue weighted by Crippen LogP contribution is -2.29. The molecule has 1 aromatic carbocycles. The van der Waals surface area contributed by atoms with Crippen LogP contribution in [0.1, 0.15) is 38.2 Å². The molecule has 0 fully saturated rings. The first-order valence-corrected chi connectivity index (χ1v) is 9.61. The summed E-state index contributed by atoms with van der Waals surface area (Å²) in [5.74, 6) is -1.22. The predicted molar refractivity (Wildman–Crippen MR) is 112 cm³/mol. The van der Waals surface area contributed by atoms with E-state index in [0.717, 1.165) is 4.57 Å². The normalized spacial score (nSPS) is 11.4. The summed E-state index contributed by atoms with van der Waals surface area (Å²) in [5.41, 5.74) is 0.484. The molecule has 0 aliphatic carbocycles. The van der Waals surface area contributed by atoms with E-state index in [1.54, 1.807) is 33.8 Å². The van der Waals surface area contributed by atoms with Crippen molar-refractivity contribution >= 4 is 46.1 Å². The van der Waals surface area contributed by atoms with Crippen LogP contribution in [0.15, 0.2) is 36.5 Å². The smallest absolute Gasteiger partial charge is 0.420 e. The standard InChI is InChI=1S/C21H21ClFN3O4/c1-5-29-19(27)17-11-13-16(25-12-6-7-15(23)14(22)10-12)8-9-24-18(13)26(17)20(28)30-21(2,3)4/h6-11H,5H2,1-4H3,(H,24,25). The topological polar surface area (TPSA) is 82.5 Å². The summed E-state index contributed by atoms with van der Waals surface area (Å²) >= 11 is 5.85. The molecule has 0 radical (unpaired) electrons. The van der Waals surface area contributed by atoms with Crippen LogP contribution in [-0.2, 0) is 9.47 Å². The number of benzene rings is 1. The highest BCUT2D eigenvalue weighted by molar-refractivity contribution is 6.31. The van der Waals surface area contributed by atoms with Gasteiger partial charge in [0, 0.05) is 17.3 Å². The van der Waals surface area contributed by atoms with E-state index in [2.05, 4.69) is 10.3 Å². The minimum atomic E-state index is -0.777. The molecule has 0 spiro atoms. The van der Waals surface area contributed by atoms with Gasteiger partial charge in [-0.05, 0) is 58.0 Å². The Morgan fingerprint density at radius 2 is 1.97 bits per heavy atom. The summed E-state index contributed by atoms with van der Waals surface area (Å²) in [7, 11) is 0. The van der Waals surface area contributed by atoms with Crippen molar-refractivity contribution < 1.29 is 23.5 Å². The summed E-state index contributed by atoms with van der Waals surface area (Å²) in [6.45, 7) is 6.97. The molecule has 7 nitrogen and oxygen atoms in total. The molecule has 30 heavy (non-hydrogen) atoms. The van der Waals surface area contributed by atoms with Crippen LogP contribution >= 0.6 is 11.6 Å². The fraction of sp³-hybridized carbons (Fsp3) is 0.286. The van der Waals surface area contributed by atoms with Crippen molar-refractivity contribution in [2.75, 3.05) is 11.9 Å². The van der Waals surface area contributed by atoms with E-state index in [-0.39, 0.29) is 23.0 Å². The number of hydrogen-bond donors (Lipinski definition) is 1. The zero-order chi connectivity index (χ0) is 22.1. The number of pyridine rings is 1. The number of halogens is 2. The summed E-state index contributed by atoms with van der Waals surface area (Å²) in [4.78, 5) is 29.6. The van der Waals surface area contributed by atoms with E-state index in [0.29, 0.717) is 16.8 Å². The SMILES string of the molecule is CCOC(=O)c1cc2c(Nc3ccc(F)c(Cl)c3)ccnc2n1C(=O)OC(C)(C)C. The van der Waals surface area contributed by atoms with Crippen LogP contribution in [0.2, 0.25) is 5.02 Å². The number of rotatable bonds is 4.